The van der Waals surface area contributed by atoms with Crippen LogP contribution in [-0.4, -0.2) is 13.6 Å². The quantitative estimate of drug-likeness (QED) is 0.155. The van der Waals surface area contributed by atoms with Crippen LogP contribution in [0.4, 0.5) is 0 Å². The summed E-state index contributed by atoms with van der Waals surface area (Å²) in [6, 6.07) is 35.5. The molecule has 0 radical (unpaired) electrons. The van der Waals surface area contributed by atoms with E-state index < -0.39 is 15.8 Å². The maximum absolute atomic E-state index is 6.57. The Bertz CT molecular complexity index is 2030. The predicted molar refractivity (Wildman–Crippen MR) is 219 cm³/mol. The van der Waals surface area contributed by atoms with Crippen LogP contribution in [0.5, 0.6) is 23.0 Å². The summed E-state index contributed by atoms with van der Waals surface area (Å²) >= 11 is 0. The summed E-state index contributed by atoms with van der Waals surface area (Å²) in [5.41, 5.74) is 12.3. The molecule has 0 atom stereocenters. The summed E-state index contributed by atoms with van der Waals surface area (Å²) < 4.78 is 25.5. The van der Waals surface area contributed by atoms with Gasteiger partial charge in [0.25, 0.3) is 0 Å². The molecule has 0 saturated carbocycles. The molecule has 2 aliphatic heterocycles. The topological polar surface area (TPSA) is 36.9 Å². The number of fused-ring (bicyclic) bond motifs is 2. The largest absolute Gasteiger partial charge is 0.454 e. The second kappa shape index (κ2) is 13.7. The van der Waals surface area contributed by atoms with Gasteiger partial charge >= 0.3 is 0 Å². The highest BCUT2D eigenvalue weighted by Crippen LogP contribution is 2.54. The van der Waals surface area contributed by atoms with Crippen molar-refractivity contribution < 1.29 is 18.9 Å². The fourth-order valence-corrected chi connectivity index (χ4v) is 14.3. The van der Waals surface area contributed by atoms with E-state index in [1.165, 1.54) is 76.3 Å². The first kappa shape index (κ1) is 34.5. The molecule has 0 saturated heterocycles. The summed E-state index contributed by atoms with van der Waals surface area (Å²) in [6.07, 6.45) is 0. The molecular formula is C46H44O4P2. The van der Waals surface area contributed by atoms with Gasteiger partial charge in [-0.1, -0.05) is 72.8 Å². The Morgan fingerprint density at radius 2 is 0.615 bits per heavy atom. The van der Waals surface area contributed by atoms with Crippen molar-refractivity contribution in [2.45, 2.75) is 55.4 Å². The third-order valence-electron chi connectivity index (χ3n) is 10.4. The molecule has 2 aliphatic rings. The predicted octanol–water partition coefficient (Wildman–Crippen LogP) is 8.79. The zero-order valence-electron chi connectivity index (χ0n) is 31.2. The summed E-state index contributed by atoms with van der Waals surface area (Å²) in [7, 11) is -2.15. The van der Waals surface area contributed by atoms with Crippen molar-refractivity contribution >= 4 is 47.7 Å². The Morgan fingerprint density at radius 3 is 0.885 bits per heavy atom. The number of rotatable bonds is 7. The minimum Gasteiger partial charge on any atom is -0.454 e. The van der Waals surface area contributed by atoms with E-state index in [0.29, 0.717) is 0 Å². The molecule has 4 nitrogen and oxygen atoms in total. The van der Waals surface area contributed by atoms with Gasteiger partial charge in [-0.05, 0) is 172 Å². The van der Waals surface area contributed by atoms with Crippen molar-refractivity contribution in [3.05, 3.63) is 142 Å². The molecular weight excluding hydrogens is 678 g/mol. The number of hydrogen-bond acceptors (Lipinski definition) is 4. The standard InChI is InChI=1S/C46H44O4P2/c1-27-13-9-14-28(2)43(27)51(44-29(3)15-10-16-30(44)4)37-23-21-35-41(49-25-47-35)39(37)40-38(24-22-36-42(40)50-26-48-36)52(45-31(5)17-11-18-32(45)6)46-33(7)19-12-20-34(46)8/h9-24H,25-26H2,1-8H3. The molecule has 0 aromatic heterocycles. The van der Waals surface area contributed by atoms with Crippen molar-refractivity contribution in [3.63, 3.8) is 0 Å². The summed E-state index contributed by atoms with van der Waals surface area (Å²) in [5, 5.41) is 7.91. The van der Waals surface area contributed by atoms with E-state index in [1.807, 2.05) is 0 Å². The monoisotopic (exact) mass is 722 g/mol. The van der Waals surface area contributed by atoms with Crippen LogP contribution in [0.2, 0.25) is 0 Å². The van der Waals surface area contributed by atoms with Crippen molar-refractivity contribution in [1.82, 2.24) is 0 Å². The van der Waals surface area contributed by atoms with Gasteiger partial charge < -0.3 is 18.9 Å². The molecule has 0 spiro atoms. The van der Waals surface area contributed by atoms with Crippen LogP contribution in [0.3, 0.4) is 0 Å². The van der Waals surface area contributed by atoms with E-state index >= 15 is 0 Å². The molecule has 6 heteroatoms. The summed E-state index contributed by atoms with van der Waals surface area (Å²) in [6.45, 7) is 18.3. The van der Waals surface area contributed by atoms with E-state index in [0.717, 1.165) is 34.1 Å². The lowest BCUT2D eigenvalue weighted by Gasteiger charge is -2.31. The molecule has 0 N–H and O–H groups in total. The van der Waals surface area contributed by atoms with Crippen LogP contribution in [0.15, 0.2) is 97.1 Å². The Hall–Kier alpha value is -4.62. The van der Waals surface area contributed by atoms with E-state index in [9.17, 15) is 0 Å². The molecule has 6 aromatic carbocycles. The van der Waals surface area contributed by atoms with Gasteiger partial charge in [0.2, 0.25) is 13.6 Å². The average molecular weight is 723 g/mol. The van der Waals surface area contributed by atoms with Gasteiger partial charge in [0.15, 0.2) is 23.0 Å². The third kappa shape index (κ3) is 5.69. The molecule has 0 bridgehead atoms. The van der Waals surface area contributed by atoms with Gasteiger partial charge in [0.05, 0.1) is 0 Å². The van der Waals surface area contributed by atoms with Gasteiger partial charge in [-0.15, -0.1) is 0 Å². The zero-order chi connectivity index (χ0) is 36.3. The van der Waals surface area contributed by atoms with E-state index in [-0.39, 0.29) is 13.6 Å². The molecule has 8 rings (SSSR count). The lowest BCUT2D eigenvalue weighted by atomic mass is 10.0. The molecule has 52 heavy (non-hydrogen) atoms. The maximum atomic E-state index is 6.57. The molecule has 0 amide bonds. The van der Waals surface area contributed by atoms with Crippen molar-refractivity contribution in [2.24, 2.45) is 0 Å². The zero-order valence-corrected chi connectivity index (χ0v) is 33.0. The highest BCUT2D eigenvalue weighted by molar-refractivity contribution is 7.81. The number of benzene rings is 6. The summed E-state index contributed by atoms with van der Waals surface area (Å²) in [4.78, 5) is 0. The fraction of sp³-hybridized carbons (Fsp3) is 0.217. The fourth-order valence-electron chi connectivity index (χ4n) is 8.12. The number of aryl methyl sites for hydroxylation is 8. The first-order valence-corrected chi connectivity index (χ1v) is 20.5. The Labute approximate surface area is 310 Å². The highest BCUT2D eigenvalue weighted by atomic mass is 31.1. The SMILES string of the molecule is Cc1cccc(C)c1P(c1ccc2c(c1-c1c(P(c3c(C)cccc3C)c3c(C)cccc3C)ccc3c1OCO3)OCO2)c1c(C)cccc1C. The van der Waals surface area contributed by atoms with Crippen LogP contribution in [0.25, 0.3) is 11.1 Å². The van der Waals surface area contributed by atoms with Crippen LogP contribution in [-0.2, 0) is 0 Å². The van der Waals surface area contributed by atoms with Crippen molar-refractivity contribution in [2.75, 3.05) is 13.6 Å². The van der Waals surface area contributed by atoms with Gasteiger partial charge in [-0.25, -0.2) is 0 Å². The van der Waals surface area contributed by atoms with Crippen LogP contribution in [0, 0.1) is 55.4 Å². The maximum Gasteiger partial charge on any atom is 0.231 e. The number of hydrogen-bond donors (Lipinski definition) is 0. The Kier molecular flexibility index (Phi) is 9.11. The minimum absolute atomic E-state index is 0.167. The Balaban J connectivity index is 1.54. The third-order valence-corrected chi connectivity index (χ3v) is 16.7. The van der Waals surface area contributed by atoms with Crippen LogP contribution < -0.4 is 50.8 Å². The van der Waals surface area contributed by atoms with Crippen LogP contribution in [0.1, 0.15) is 44.5 Å². The minimum atomic E-state index is -1.08. The molecule has 6 aromatic rings. The van der Waals surface area contributed by atoms with Crippen molar-refractivity contribution in [3.8, 4) is 34.1 Å². The average Bonchev–Trinajstić information content (AvgIpc) is 3.79. The van der Waals surface area contributed by atoms with Gasteiger partial charge in [0, 0.05) is 11.1 Å². The first-order chi connectivity index (χ1) is 25.2. The molecule has 262 valence electrons. The second-order valence-corrected chi connectivity index (χ2v) is 18.1. The van der Waals surface area contributed by atoms with E-state index in [1.54, 1.807) is 0 Å². The Morgan fingerprint density at radius 1 is 0.346 bits per heavy atom. The molecule has 2 heterocycles. The van der Waals surface area contributed by atoms with Gasteiger partial charge in [-0.3, -0.25) is 0 Å². The first-order valence-electron chi connectivity index (χ1n) is 17.9. The van der Waals surface area contributed by atoms with Gasteiger partial charge in [0.1, 0.15) is 0 Å². The normalized spacial score (nSPS) is 13.0. The molecule has 0 fully saturated rings. The van der Waals surface area contributed by atoms with E-state index in [4.69, 9.17) is 18.9 Å². The van der Waals surface area contributed by atoms with Crippen molar-refractivity contribution in [1.29, 1.82) is 0 Å². The lowest BCUT2D eigenvalue weighted by molar-refractivity contribution is 0.173. The van der Waals surface area contributed by atoms with Crippen LogP contribution >= 0.6 is 15.8 Å². The van der Waals surface area contributed by atoms with E-state index in [2.05, 4.69) is 152 Å². The molecule has 0 unspecified atom stereocenters. The summed E-state index contributed by atoms with van der Waals surface area (Å²) in [5.74, 6) is 3.04. The second-order valence-electron chi connectivity index (χ2n) is 14.0. The lowest BCUT2D eigenvalue weighted by Crippen LogP contribution is -2.31. The number of ether oxygens (including phenoxy) is 4. The smallest absolute Gasteiger partial charge is 0.231 e. The highest BCUT2D eigenvalue weighted by Gasteiger charge is 2.37. The van der Waals surface area contributed by atoms with Gasteiger partial charge in [-0.2, -0.15) is 0 Å². The molecule has 0 aliphatic carbocycles.